The van der Waals surface area contributed by atoms with Gasteiger partial charge in [0.05, 0.1) is 51.1 Å². The van der Waals surface area contributed by atoms with Gasteiger partial charge in [-0.2, -0.15) is 19.6 Å². The lowest BCUT2D eigenvalue weighted by atomic mass is 9.84. The predicted octanol–water partition coefficient (Wildman–Crippen LogP) is 15.9. The van der Waals surface area contributed by atoms with Crippen molar-refractivity contribution in [1.29, 1.82) is 0 Å². The zero-order valence-corrected chi connectivity index (χ0v) is 66.9. The first-order valence-electron chi connectivity index (χ1n) is 34.9. The monoisotopic (exact) mass is 1680 g/mol. The van der Waals surface area contributed by atoms with Gasteiger partial charge in [-0.25, -0.2) is 29.1 Å². The Morgan fingerprint density at radius 1 is 0.577 bits per heavy atom. The number of likely N-dealkylation sites (tertiary alicyclic amines) is 2. The second-order valence-electron chi connectivity index (χ2n) is 26.0. The predicted molar refractivity (Wildman–Crippen MR) is 427 cm³/mol. The van der Waals surface area contributed by atoms with Crippen LogP contribution in [0, 0.1) is 45.4 Å². The van der Waals surface area contributed by atoms with Crippen LogP contribution >= 0.6 is 92.8 Å². The Hall–Kier alpha value is -9.54. The van der Waals surface area contributed by atoms with Gasteiger partial charge in [-0.1, -0.05) is 135 Å². The molecular weight excluding hydrogens is 1600 g/mol. The number of fused-ring (bicyclic) bond motifs is 2. The standard InChI is InChI=1S/C38H37Cl4N7O5.C20H21N7O.C16H17Cl4NO3.CH3F.CO2/c1-22-4-6-25(14-31(22)49-18-26-16-44-35(46-34(26)47(3)36(49)52)45-28-12-5-23(2)43-17-28)15-33(51)30-20-48(37(53)54-21-38(40,41)42)19-29(30)32(50)13-9-24-7-10-27(39)11-8-24;1-12-4-6-15(21)8-17(12)27-11-14-9-23-19(25-18(14)26(3)20(27)28)24-16-7-5-13(2)22-10-16;17-13-4-1-11(2-5-13)3-6-14(22)12-7-8-21(9-12)15(23)24-10-16(18,19)20;1-2;2-1-3/h4-8,10-12,14,16-17,29-30H,9,13,15,18-21H2,1-3H3,(H,44,45,46);4-10H,11,21H2,1-3H3,(H,23,24,25);1-2,4-5,12H,3,6-10H2;1H3;/t29-,30+;;12-;;/m0.1../s1/i;;;1D;. The number of ketones is 3. The number of carbonyl (C=O) groups is 7. The zero-order chi connectivity index (χ0) is 81.7. The molecule has 4 aliphatic rings. The summed E-state index contributed by atoms with van der Waals surface area (Å²) in [6.45, 7) is 8.22. The van der Waals surface area contributed by atoms with Crippen molar-refractivity contribution in [3.63, 3.8) is 0 Å². The van der Waals surface area contributed by atoms with Crippen LogP contribution in [0.5, 0.6) is 0 Å². The van der Waals surface area contributed by atoms with E-state index < -0.39 is 45.4 Å². The summed E-state index contributed by atoms with van der Waals surface area (Å²) in [6, 6.07) is 32.7. The Morgan fingerprint density at radius 3 is 1.45 bits per heavy atom. The Kier molecular flexibility index (Phi) is 30.9. The van der Waals surface area contributed by atoms with E-state index in [-0.39, 0.29) is 80.6 Å². The molecule has 586 valence electrons. The third-order valence-electron chi connectivity index (χ3n) is 18.0. The van der Waals surface area contributed by atoms with E-state index in [4.69, 9.17) is 119 Å². The molecule has 111 heavy (non-hydrogen) atoms. The number of alkyl halides is 7. The van der Waals surface area contributed by atoms with E-state index in [1.807, 2.05) is 113 Å². The van der Waals surface area contributed by atoms with E-state index in [2.05, 4.69) is 40.5 Å². The van der Waals surface area contributed by atoms with E-state index in [0.29, 0.717) is 102 Å². The number of nitrogens with two attached hydrogens (primary N) is 1. The molecule has 3 atom stereocenters. The van der Waals surface area contributed by atoms with Gasteiger partial charge in [0, 0.05) is 134 Å². The molecule has 0 saturated carbocycles. The topological polar surface area (TPSA) is 319 Å². The second kappa shape index (κ2) is 40.1. The van der Waals surface area contributed by atoms with Crippen LogP contribution in [-0.2, 0) is 65.8 Å². The maximum absolute atomic E-state index is 14.0. The van der Waals surface area contributed by atoms with Crippen molar-refractivity contribution in [1.82, 2.24) is 39.7 Å². The van der Waals surface area contributed by atoms with Crippen molar-refractivity contribution in [2.45, 2.75) is 86.9 Å². The molecule has 2 saturated heterocycles. The van der Waals surface area contributed by atoms with E-state index in [1.165, 1.54) is 19.6 Å². The van der Waals surface area contributed by atoms with Crippen molar-refractivity contribution in [2.75, 3.05) is 96.6 Å². The highest BCUT2D eigenvalue weighted by atomic mass is 35.6. The van der Waals surface area contributed by atoms with Crippen molar-refractivity contribution in [2.24, 2.45) is 17.8 Å². The van der Waals surface area contributed by atoms with Crippen LogP contribution < -0.4 is 36.0 Å². The summed E-state index contributed by atoms with van der Waals surface area (Å²) >= 11 is 45.8. The molecule has 6 amide bonds. The molecule has 0 aliphatic carbocycles. The van der Waals surface area contributed by atoms with Gasteiger partial charge in [0.2, 0.25) is 19.5 Å². The summed E-state index contributed by atoms with van der Waals surface area (Å²) in [4.78, 5) is 143. The summed E-state index contributed by atoms with van der Waals surface area (Å²) in [6.07, 6.45) is 8.03. The Labute approximate surface area is 681 Å². The van der Waals surface area contributed by atoms with Gasteiger partial charge in [-0.05, 0) is 142 Å². The van der Waals surface area contributed by atoms with Crippen molar-refractivity contribution < 1.29 is 58.4 Å². The largest absolute Gasteiger partial charge is 0.445 e. The fourth-order valence-corrected chi connectivity index (χ4v) is 12.8. The van der Waals surface area contributed by atoms with Gasteiger partial charge in [0.1, 0.15) is 42.2 Å². The average Bonchev–Trinajstić information content (AvgIpc) is 0.944. The minimum absolute atomic E-state index is 0.0110. The Balaban J connectivity index is 0.000000226. The van der Waals surface area contributed by atoms with Gasteiger partial charge < -0.3 is 35.6 Å². The number of carbonyl (C=O) groups excluding carboxylic acids is 9. The van der Waals surface area contributed by atoms with Crippen molar-refractivity contribution in [3.05, 3.63) is 194 Å². The number of urea groups is 2. The van der Waals surface area contributed by atoms with Crippen LogP contribution in [0.2, 0.25) is 10.0 Å². The van der Waals surface area contributed by atoms with E-state index >= 15 is 0 Å². The summed E-state index contributed by atoms with van der Waals surface area (Å²) in [5, 5.41) is 7.51. The van der Waals surface area contributed by atoms with E-state index in [9.17, 15) is 38.0 Å². The molecule has 0 unspecified atom stereocenters. The zero-order valence-electron chi connectivity index (χ0n) is 61.9. The molecule has 4 N–H and O–H groups in total. The number of anilines is 9. The molecule has 4 aliphatic heterocycles. The minimum Gasteiger partial charge on any atom is -0.445 e. The summed E-state index contributed by atoms with van der Waals surface area (Å²) in [7, 11) is 2.35. The maximum Gasteiger partial charge on any atom is 0.409 e. The molecule has 0 bridgehead atoms. The number of benzene rings is 4. The number of rotatable bonds is 19. The van der Waals surface area contributed by atoms with Gasteiger partial charge in [-0.15, -0.1) is 0 Å². The third-order valence-corrected chi connectivity index (χ3v) is 19.1. The molecule has 8 aromatic rings. The maximum atomic E-state index is 14.0. The van der Waals surface area contributed by atoms with Crippen LogP contribution in [0.25, 0.3) is 0 Å². The third kappa shape index (κ3) is 25.0. The molecule has 35 heteroatoms. The number of nitrogens with zero attached hydrogens (tertiary/aromatic N) is 12. The van der Waals surface area contributed by atoms with E-state index in [0.717, 1.165) is 56.1 Å². The number of aryl methyl sites for hydroxylation is 6. The molecule has 26 nitrogen and oxygen atoms in total. The molecule has 8 heterocycles. The number of nitrogens with one attached hydrogen (secondary N) is 2. The quantitative estimate of drug-likeness (QED) is 0.0500. The lowest BCUT2D eigenvalue weighted by molar-refractivity contribution is -0.191. The molecule has 2 fully saturated rings. The fourth-order valence-electron chi connectivity index (χ4n) is 12.3. The SMILES string of the molecule is Cc1ccc(Nc2ncc3c(n2)N(C)C(=O)N(c2cc(CC(=O)[C@@H]4CN(C(=O)OCC(Cl)(Cl)Cl)C[C@@H]4C(=O)CCc4ccc(Cl)cc4)ccc2C)C3)cn1.Cc1ccc(Nc2ncc3c(n2)N(C)C(=O)N(c2cc(N)ccc2C)C3)cn1.O=C(CCc1ccc(Cl)cc1)[C@@H]1CCN(C(=O)OCC(Cl)(Cl)Cl)C1.O=C=O.[2H]CF. The summed E-state index contributed by atoms with van der Waals surface area (Å²) in [5.74, 6) is -0.157. The van der Waals surface area contributed by atoms with Crippen LogP contribution in [0.1, 0.15) is 71.0 Å². The second-order valence-corrected chi connectivity index (χ2v) is 31.9. The number of nitrogen functional groups attached to an aromatic ring is 1. The smallest absolute Gasteiger partial charge is 0.409 e. The molecule has 4 aromatic heterocycles. The van der Waals surface area contributed by atoms with Gasteiger partial charge >= 0.3 is 30.4 Å². The average molecular weight is 1680 g/mol. The highest BCUT2D eigenvalue weighted by Gasteiger charge is 2.44. The highest BCUT2D eigenvalue weighted by Crippen LogP contribution is 2.37. The van der Waals surface area contributed by atoms with Crippen LogP contribution in [0.15, 0.2) is 134 Å². The number of hydrogen-bond acceptors (Lipinski definition) is 20. The number of pyridine rings is 2. The first kappa shape index (κ1) is 85.5. The van der Waals surface area contributed by atoms with Crippen LogP contribution in [-0.4, -0.2) is 156 Å². The normalized spacial score (nSPS) is 15.8. The number of hydrogen-bond donors (Lipinski definition) is 3. The van der Waals surface area contributed by atoms with Gasteiger partial charge in [-0.3, -0.25) is 48.3 Å². The number of amides is 6. The number of Topliss-reactive ketones (excluding diaryl/α,β-unsaturated/α-hetero) is 3. The minimum atomic E-state index is -1.82. The summed E-state index contributed by atoms with van der Waals surface area (Å²) in [5.41, 5.74) is 17.3. The van der Waals surface area contributed by atoms with E-state index in [1.54, 1.807) is 72.9 Å². The number of halogens is 9. The molecule has 0 radical (unpaired) electrons. The van der Waals surface area contributed by atoms with Gasteiger partial charge in [0.25, 0.3) is 0 Å². The van der Waals surface area contributed by atoms with Gasteiger partial charge in [0.15, 0.2) is 0 Å². The first-order valence-corrected chi connectivity index (χ1v) is 37.2. The molecular formula is C76H78Cl8FN15O11. The Bertz CT molecular complexity index is 4690. The Morgan fingerprint density at radius 2 is 1.00 bits per heavy atom. The van der Waals surface area contributed by atoms with Crippen LogP contribution in [0.3, 0.4) is 0 Å². The first-order chi connectivity index (χ1) is 53.1. The molecule has 0 spiro atoms. The highest BCUT2D eigenvalue weighted by molar-refractivity contribution is 6.68. The van der Waals surface area contributed by atoms with Crippen LogP contribution in [0.4, 0.5) is 75.5 Å². The number of ether oxygens (including phenoxy) is 2. The fraction of sp³-hybridized carbons (Fsp3) is 0.342. The summed E-state index contributed by atoms with van der Waals surface area (Å²) < 4.78 is 22.2. The van der Waals surface area contributed by atoms with Crippen molar-refractivity contribution >= 4 is 193 Å². The lowest BCUT2D eigenvalue weighted by Gasteiger charge is -2.35. The van der Waals surface area contributed by atoms with Crippen molar-refractivity contribution in [3.8, 4) is 0 Å². The number of aromatic nitrogens is 6. The molecule has 12 rings (SSSR count). The lowest BCUT2D eigenvalue weighted by Crippen LogP contribution is -2.46. The molecule has 4 aromatic carbocycles.